The Kier molecular flexibility index (Phi) is 2.92. The summed E-state index contributed by atoms with van der Waals surface area (Å²) in [5.74, 6) is 0. The molecule has 1 aliphatic carbocycles. The average Bonchev–Trinajstić information content (AvgIpc) is 2.18. The second kappa shape index (κ2) is 3.78. The van der Waals surface area contributed by atoms with Crippen molar-refractivity contribution in [2.45, 2.75) is 24.9 Å². The molecule has 0 radical (unpaired) electrons. The molecule has 2 N–H and O–H groups in total. The summed E-state index contributed by atoms with van der Waals surface area (Å²) in [4.78, 5) is 10.5. The maximum Gasteiger partial charge on any atom is 0.139 e. The highest BCUT2D eigenvalue weighted by Gasteiger charge is 2.27. The molecule has 0 aliphatic heterocycles. The molecular formula is C8H12N2O3. The van der Waals surface area contributed by atoms with Gasteiger partial charge in [-0.1, -0.05) is 41.6 Å². The summed E-state index contributed by atoms with van der Waals surface area (Å²) in [6.07, 6.45) is 6.75. The van der Waals surface area contributed by atoms with Crippen molar-refractivity contribution in [1.82, 2.24) is 5.23 Å². The quantitative estimate of drug-likeness (QED) is 0.396. The normalized spacial score (nSPS) is 32.5. The van der Waals surface area contributed by atoms with Crippen LogP contribution in [-0.4, -0.2) is 27.2 Å². The molecule has 1 rings (SSSR count). The van der Waals surface area contributed by atoms with Crippen LogP contribution in [0.5, 0.6) is 0 Å². The molecule has 13 heavy (non-hydrogen) atoms. The minimum absolute atomic E-state index is 0.0807. The third-order valence-electron chi connectivity index (χ3n) is 2.17. The molecule has 5 nitrogen and oxygen atoms in total. The summed E-state index contributed by atoms with van der Waals surface area (Å²) in [7, 11) is 0. The van der Waals surface area contributed by atoms with Gasteiger partial charge in [-0.3, -0.25) is 10.4 Å². The van der Waals surface area contributed by atoms with Crippen LogP contribution in [0.1, 0.15) is 13.3 Å². The topological polar surface area (TPSA) is 73.1 Å². The predicted molar refractivity (Wildman–Crippen MR) is 46.3 cm³/mol. The van der Waals surface area contributed by atoms with E-state index >= 15 is 0 Å². The summed E-state index contributed by atoms with van der Waals surface area (Å²) in [6, 6.07) is -0.596. The van der Waals surface area contributed by atoms with Gasteiger partial charge in [0.25, 0.3) is 0 Å². The number of hydrogen-bond donors (Lipinski definition) is 2. The summed E-state index contributed by atoms with van der Waals surface area (Å²) in [5, 5.41) is 20.4. The van der Waals surface area contributed by atoms with Crippen LogP contribution in [0.4, 0.5) is 0 Å². The van der Waals surface area contributed by atoms with Gasteiger partial charge in [-0.05, 0) is 6.42 Å². The number of hydroxylamine groups is 2. The van der Waals surface area contributed by atoms with Gasteiger partial charge in [0.15, 0.2) is 0 Å². The van der Waals surface area contributed by atoms with E-state index in [1.807, 2.05) is 6.92 Å². The standard InChI is InChI=1S/C8H12N2O3/c1-2-8(9-11)5-3-7(4-6-8)10(12)13/h3-7,12-13H,2H2,1H3. The molecule has 0 aromatic carbocycles. The minimum Gasteiger partial charge on any atom is -0.289 e. The van der Waals surface area contributed by atoms with Gasteiger partial charge in [0.2, 0.25) is 0 Å². The Morgan fingerprint density at radius 1 is 1.46 bits per heavy atom. The summed E-state index contributed by atoms with van der Waals surface area (Å²) in [6.45, 7) is 1.84. The van der Waals surface area contributed by atoms with E-state index < -0.39 is 11.6 Å². The number of hydrogen-bond acceptors (Lipinski definition) is 5. The molecule has 0 spiro atoms. The molecule has 0 saturated heterocycles. The molecule has 0 aromatic rings. The van der Waals surface area contributed by atoms with Crippen LogP contribution >= 0.6 is 0 Å². The summed E-state index contributed by atoms with van der Waals surface area (Å²) >= 11 is 0. The van der Waals surface area contributed by atoms with E-state index in [9.17, 15) is 4.91 Å². The lowest BCUT2D eigenvalue weighted by atomic mass is 9.91. The van der Waals surface area contributed by atoms with E-state index in [1.54, 1.807) is 12.2 Å². The Bertz CT molecular complexity index is 234. The van der Waals surface area contributed by atoms with E-state index in [4.69, 9.17) is 10.4 Å². The molecule has 72 valence electrons. The number of nitrogens with zero attached hydrogens (tertiary/aromatic N) is 2. The Morgan fingerprint density at radius 2 is 2.00 bits per heavy atom. The third kappa shape index (κ3) is 2.00. The second-order valence-electron chi connectivity index (χ2n) is 2.97. The highest BCUT2D eigenvalue weighted by molar-refractivity contribution is 5.27. The summed E-state index contributed by atoms with van der Waals surface area (Å²) < 4.78 is 0. The maximum atomic E-state index is 10.5. The molecule has 0 unspecified atom stereocenters. The van der Waals surface area contributed by atoms with Crippen molar-refractivity contribution in [2.24, 2.45) is 5.18 Å². The number of rotatable bonds is 3. The maximum absolute atomic E-state index is 10.5. The van der Waals surface area contributed by atoms with Crippen LogP contribution in [0.2, 0.25) is 0 Å². The lowest BCUT2D eigenvalue weighted by molar-refractivity contribution is -0.315. The number of nitroso groups, excluding NO2 is 1. The molecule has 0 fully saturated rings. The first kappa shape index (κ1) is 10.0. The molecule has 0 amide bonds. The average molecular weight is 184 g/mol. The van der Waals surface area contributed by atoms with Gasteiger partial charge in [-0.25, -0.2) is 0 Å². The highest BCUT2D eigenvalue weighted by atomic mass is 16.8. The van der Waals surface area contributed by atoms with Crippen LogP contribution < -0.4 is 0 Å². The van der Waals surface area contributed by atoms with E-state index in [-0.39, 0.29) is 5.23 Å². The molecule has 0 atom stereocenters. The van der Waals surface area contributed by atoms with E-state index in [2.05, 4.69) is 5.18 Å². The van der Waals surface area contributed by atoms with Crippen LogP contribution in [-0.2, 0) is 0 Å². The molecule has 0 bridgehead atoms. The Hall–Kier alpha value is -1.04. The fourth-order valence-electron chi connectivity index (χ4n) is 1.17. The van der Waals surface area contributed by atoms with E-state index in [0.29, 0.717) is 6.42 Å². The molecular weight excluding hydrogens is 172 g/mol. The lowest BCUT2D eigenvalue weighted by Crippen LogP contribution is -2.31. The largest absolute Gasteiger partial charge is 0.289 e. The van der Waals surface area contributed by atoms with E-state index in [1.165, 1.54) is 12.2 Å². The van der Waals surface area contributed by atoms with Crippen molar-refractivity contribution in [3.05, 3.63) is 29.2 Å². The first-order chi connectivity index (χ1) is 6.13. The third-order valence-corrected chi connectivity index (χ3v) is 2.17. The van der Waals surface area contributed by atoms with Gasteiger partial charge in [0, 0.05) is 0 Å². The lowest BCUT2D eigenvalue weighted by Gasteiger charge is -2.23. The monoisotopic (exact) mass is 184 g/mol. The molecule has 1 aliphatic rings. The van der Waals surface area contributed by atoms with Crippen molar-refractivity contribution in [3.63, 3.8) is 0 Å². The van der Waals surface area contributed by atoms with Crippen LogP contribution in [0, 0.1) is 4.91 Å². The van der Waals surface area contributed by atoms with Crippen molar-refractivity contribution >= 4 is 0 Å². The van der Waals surface area contributed by atoms with Gasteiger partial charge < -0.3 is 0 Å². The van der Waals surface area contributed by atoms with Crippen molar-refractivity contribution < 1.29 is 10.4 Å². The van der Waals surface area contributed by atoms with Crippen LogP contribution in [0.15, 0.2) is 29.5 Å². The predicted octanol–water partition coefficient (Wildman–Crippen LogP) is 1.48. The molecule has 0 aromatic heterocycles. The Labute approximate surface area is 75.9 Å². The van der Waals surface area contributed by atoms with Crippen LogP contribution in [0.25, 0.3) is 0 Å². The van der Waals surface area contributed by atoms with Gasteiger partial charge in [0.1, 0.15) is 5.54 Å². The molecule has 0 saturated carbocycles. The molecule has 5 heteroatoms. The first-order valence-electron chi connectivity index (χ1n) is 4.04. The zero-order chi connectivity index (χ0) is 9.90. The zero-order valence-electron chi connectivity index (χ0n) is 7.29. The SMILES string of the molecule is CCC1(N=O)C=CC(N(O)O)C=C1. The van der Waals surface area contributed by atoms with E-state index in [0.717, 1.165) is 0 Å². The summed E-state index contributed by atoms with van der Waals surface area (Å²) in [5.41, 5.74) is -0.813. The zero-order valence-corrected chi connectivity index (χ0v) is 7.29. The van der Waals surface area contributed by atoms with Crippen molar-refractivity contribution in [1.29, 1.82) is 0 Å². The Morgan fingerprint density at radius 3 is 2.31 bits per heavy atom. The molecule has 0 heterocycles. The minimum atomic E-state index is -0.813. The fourth-order valence-corrected chi connectivity index (χ4v) is 1.17. The van der Waals surface area contributed by atoms with Gasteiger partial charge in [-0.2, -0.15) is 0 Å². The first-order valence-corrected chi connectivity index (χ1v) is 4.04. The smallest absolute Gasteiger partial charge is 0.139 e. The van der Waals surface area contributed by atoms with Gasteiger partial charge in [-0.15, -0.1) is 4.91 Å². The fraction of sp³-hybridized carbons (Fsp3) is 0.500. The van der Waals surface area contributed by atoms with Crippen molar-refractivity contribution in [3.8, 4) is 0 Å². The highest BCUT2D eigenvalue weighted by Crippen LogP contribution is 2.24. The van der Waals surface area contributed by atoms with Crippen molar-refractivity contribution in [2.75, 3.05) is 0 Å². The Balaban J connectivity index is 2.77. The van der Waals surface area contributed by atoms with Crippen LogP contribution in [0.3, 0.4) is 0 Å². The van der Waals surface area contributed by atoms with Gasteiger partial charge in [0.05, 0.1) is 6.04 Å². The van der Waals surface area contributed by atoms with Gasteiger partial charge >= 0.3 is 0 Å². The second-order valence-corrected chi connectivity index (χ2v) is 2.97.